The van der Waals surface area contributed by atoms with Gasteiger partial charge in [0.05, 0.1) is 0 Å². The fourth-order valence-electron chi connectivity index (χ4n) is 0. The molecule has 11 heteroatoms. The van der Waals surface area contributed by atoms with Gasteiger partial charge < -0.3 is 46.6 Å². The molecule has 58 valence electrons. The van der Waals surface area contributed by atoms with Crippen LogP contribution in [0.1, 0.15) is 0 Å². The van der Waals surface area contributed by atoms with Crippen LogP contribution in [0.25, 0.3) is 0 Å². The number of hydrogen-bond donors (Lipinski definition) is 0. The van der Waals surface area contributed by atoms with Crippen LogP contribution >= 0.6 is 17.2 Å². The molecule has 0 aromatic carbocycles. The summed E-state index contributed by atoms with van der Waals surface area (Å²) in [6, 6.07) is 0. The average molecular weight is 514 g/mol. The second-order valence-electron chi connectivity index (χ2n) is 0.447. The second-order valence-corrected chi connectivity index (χ2v) is 1.34. The van der Waals surface area contributed by atoms with Crippen LogP contribution in [0.5, 0.6) is 0 Å². The Morgan fingerprint density at radius 3 is 0.455 bits per heavy atom. The van der Waals surface area contributed by atoms with E-state index in [1.54, 1.807) is 0 Å². The van der Waals surface area contributed by atoms with Crippen molar-refractivity contribution in [3.05, 3.63) is 0 Å². The minimum atomic E-state index is -3.37. The van der Waals surface area contributed by atoms with Gasteiger partial charge in [0.1, 0.15) is 0 Å². The van der Waals surface area contributed by atoms with Crippen molar-refractivity contribution in [1.29, 1.82) is 0 Å². The first-order chi connectivity index (χ1) is 3.46. The zero-order chi connectivity index (χ0) is 7.15. The van der Waals surface area contributed by atoms with Gasteiger partial charge in [0, 0.05) is 0 Å². The Labute approximate surface area is 117 Å². The summed E-state index contributed by atoms with van der Waals surface area (Å²) in [5.74, 6) is 0. The molecule has 11 heavy (non-hydrogen) atoms. The van der Waals surface area contributed by atoms with Gasteiger partial charge in [-0.1, -0.05) is 0 Å². The summed E-state index contributed by atoms with van der Waals surface area (Å²) in [5, 5.41) is 0. The molecule has 0 rings (SSSR count). The first-order valence-electron chi connectivity index (χ1n) is 1.10. The molecule has 0 unspecified atom stereocenters. The summed E-state index contributed by atoms with van der Waals surface area (Å²) in [5.41, 5.74) is 0. The quantitative estimate of drug-likeness (QED) is 0.233. The molecule has 0 aliphatic rings. The van der Waals surface area contributed by atoms with Crippen molar-refractivity contribution in [2.45, 2.75) is 0 Å². The van der Waals surface area contributed by atoms with E-state index in [1.165, 1.54) is 0 Å². The Morgan fingerprint density at radius 1 is 0.455 bits per heavy atom. The Morgan fingerprint density at radius 2 is 0.455 bits per heavy atom. The molecule has 0 bridgehead atoms. The molecular weight excluding hydrogens is 514 g/mol. The molecule has 0 saturated heterocycles. The topological polar surface area (TPSA) is 138 Å². The van der Waals surface area contributed by atoms with E-state index in [0.29, 0.717) is 0 Å². The predicted molar refractivity (Wildman–Crippen MR) is 31.1 cm³/mol. The molecular formula is O6P2Sn3. The van der Waals surface area contributed by atoms with Crippen LogP contribution in [-0.2, 0) is 0 Å². The summed E-state index contributed by atoms with van der Waals surface area (Å²) in [7, 11) is -6.74. The summed E-state index contributed by atoms with van der Waals surface area (Å²) in [4.78, 5) is 50.9. The molecule has 0 atom stereocenters. The van der Waals surface area contributed by atoms with Crippen LogP contribution in [0.3, 0.4) is 0 Å². The summed E-state index contributed by atoms with van der Waals surface area (Å²) in [6.45, 7) is 0. The van der Waals surface area contributed by atoms with Crippen molar-refractivity contribution in [2.75, 3.05) is 0 Å². The van der Waals surface area contributed by atoms with Crippen molar-refractivity contribution in [3.63, 3.8) is 0 Å². The van der Waals surface area contributed by atoms with Gasteiger partial charge in [-0.05, 0) is 0 Å². The zero-order valence-electron chi connectivity index (χ0n) is 4.84. The SMILES string of the molecule is [O-]P([O-])[O-].[O-]P([O-])[O-].[Sn+2].[Sn+2].[Sn+2]. The predicted octanol–water partition coefficient (Wildman–Crippen LogP) is -6.55. The summed E-state index contributed by atoms with van der Waals surface area (Å²) in [6.07, 6.45) is 0. The molecule has 0 heterocycles. The first-order valence-corrected chi connectivity index (χ1v) is 3.29. The van der Waals surface area contributed by atoms with E-state index in [9.17, 15) is 0 Å². The third-order valence-corrected chi connectivity index (χ3v) is 0. The van der Waals surface area contributed by atoms with Gasteiger partial charge in [-0.25, -0.2) is 0 Å². The van der Waals surface area contributed by atoms with Crippen LogP contribution in [0.4, 0.5) is 0 Å². The largest absolute Gasteiger partial charge is 2.00 e. The van der Waals surface area contributed by atoms with E-state index >= 15 is 0 Å². The van der Waals surface area contributed by atoms with Crippen LogP contribution in [0.15, 0.2) is 0 Å². The Kier molecular flexibility index (Phi) is 61.4. The van der Waals surface area contributed by atoms with Gasteiger partial charge in [0.25, 0.3) is 0 Å². The molecule has 0 amide bonds. The van der Waals surface area contributed by atoms with Crippen molar-refractivity contribution in [3.8, 4) is 0 Å². The fraction of sp³-hybridized carbons (Fsp3) is 0. The molecule has 0 aromatic heterocycles. The molecule has 6 radical (unpaired) electrons. The minimum absolute atomic E-state index is 0. The van der Waals surface area contributed by atoms with E-state index < -0.39 is 17.2 Å². The molecule has 0 spiro atoms. The third kappa shape index (κ3) is 174. The van der Waals surface area contributed by atoms with Crippen LogP contribution in [0, 0.1) is 0 Å². The van der Waals surface area contributed by atoms with E-state index in [4.69, 9.17) is 29.4 Å². The number of rotatable bonds is 0. The van der Waals surface area contributed by atoms with Gasteiger partial charge in [0.15, 0.2) is 0 Å². The van der Waals surface area contributed by atoms with E-state index in [2.05, 4.69) is 0 Å². The molecule has 0 aliphatic heterocycles. The smallest absolute Gasteiger partial charge is 0.854 e. The average Bonchev–Trinajstić information content (AvgIpc) is 1.25. The van der Waals surface area contributed by atoms with Gasteiger partial charge in [-0.15, -0.1) is 0 Å². The van der Waals surface area contributed by atoms with Crippen molar-refractivity contribution >= 4 is 88.9 Å². The van der Waals surface area contributed by atoms with Crippen LogP contribution < -0.4 is 29.4 Å². The van der Waals surface area contributed by atoms with E-state index in [-0.39, 0.29) is 71.7 Å². The molecule has 0 N–H and O–H groups in total. The maximum Gasteiger partial charge on any atom is 2.00 e. The number of hydrogen-bond acceptors (Lipinski definition) is 6. The normalized spacial score (nSPS) is 6.55. The third-order valence-electron chi connectivity index (χ3n) is 0. The maximum absolute atomic E-state index is 8.48. The van der Waals surface area contributed by atoms with E-state index in [0.717, 1.165) is 0 Å². The zero-order valence-corrected chi connectivity index (χ0v) is 15.2. The molecule has 0 aliphatic carbocycles. The summed E-state index contributed by atoms with van der Waals surface area (Å²) >= 11 is 0. The summed E-state index contributed by atoms with van der Waals surface area (Å²) < 4.78 is 0. The molecule has 0 saturated carbocycles. The molecule has 0 aromatic rings. The Balaban J connectivity index is -0.0000000171. The van der Waals surface area contributed by atoms with Crippen molar-refractivity contribution < 1.29 is 29.4 Å². The van der Waals surface area contributed by atoms with Gasteiger partial charge in [-0.2, -0.15) is 0 Å². The monoisotopic (exact) mass is 518 g/mol. The standard InChI is InChI=1S/2O3P.3Sn/c2*1-4(2)3;;;/q2*-3;3*+2. The first kappa shape index (κ1) is 29.2. The Bertz CT molecular complexity index is 31.3. The molecule has 0 fully saturated rings. The van der Waals surface area contributed by atoms with Crippen molar-refractivity contribution in [1.82, 2.24) is 0 Å². The fourth-order valence-corrected chi connectivity index (χ4v) is 0. The van der Waals surface area contributed by atoms with Gasteiger partial charge >= 0.3 is 71.7 Å². The van der Waals surface area contributed by atoms with Crippen LogP contribution in [0.2, 0.25) is 0 Å². The Hall–Kier alpha value is 3.02. The van der Waals surface area contributed by atoms with Crippen LogP contribution in [-0.4, -0.2) is 71.7 Å². The van der Waals surface area contributed by atoms with Gasteiger partial charge in [0.2, 0.25) is 0 Å². The second kappa shape index (κ2) is 23.1. The van der Waals surface area contributed by atoms with Crippen molar-refractivity contribution in [2.24, 2.45) is 0 Å². The molecule has 6 nitrogen and oxygen atoms in total. The van der Waals surface area contributed by atoms with E-state index in [1.807, 2.05) is 0 Å². The maximum atomic E-state index is 8.48. The minimum Gasteiger partial charge on any atom is -0.854 e. The van der Waals surface area contributed by atoms with Gasteiger partial charge in [-0.3, -0.25) is 0 Å².